The Hall–Kier alpha value is -1.39. The summed E-state index contributed by atoms with van der Waals surface area (Å²) in [6.07, 6.45) is 2.00. The van der Waals surface area contributed by atoms with Gasteiger partial charge in [-0.2, -0.15) is 0 Å². The highest BCUT2D eigenvalue weighted by molar-refractivity contribution is 6.69. The lowest BCUT2D eigenvalue weighted by molar-refractivity contribution is -0.149. The Morgan fingerprint density at radius 3 is 2.35 bits per heavy atom. The molecule has 0 bridgehead atoms. The molecule has 1 aromatic rings. The van der Waals surface area contributed by atoms with Crippen LogP contribution in [0, 0.1) is 5.92 Å². The summed E-state index contributed by atoms with van der Waals surface area (Å²) < 4.78 is 11.2. The van der Waals surface area contributed by atoms with E-state index in [9.17, 15) is 4.79 Å². The average Bonchev–Trinajstić information content (AvgIpc) is 2.41. The van der Waals surface area contributed by atoms with Crippen LogP contribution < -0.4 is 0 Å². The molecule has 4 heteroatoms. The Bertz CT molecular complexity index is 437. The number of carbonyl (C=O) groups excluding carboxylic acids is 1. The summed E-state index contributed by atoms with van der Waals surface area (Å²) in [6, 6.07) is 9.85. The molecule has 110 valence electrons. The van der Waals surface area contributed by atoms with E-state index in [0.29, 0.717) is 6.42 Å². The van der Waals surface area contributed by atoms with Crippen molar-refractivity contribution in [3.05, 3.63) is 48.6 Å². The minimum Gasteiger partial charge on any atom is -0.469 e. The average molecular weight is 292 g/mol. The van der Waals surface area contributed by atoms with Crippen molar-refractivity contribution in [3.8, 4) is 0 Å². The van der Waals surface area contributed by atoms with E-state index in [4.69, 9.17) is 9.16 Å². The lowest BCUT2D eigenvalue weighted by Crippen LogP contribution is -2.34. The van der Waals surface area contributed by atoms with Crippen molar-refractivity contribution in [3.63, 3.8) is 0 Å². The van der Waals surface area contributed by atoms with Crippen molar-refractivity contribution in [1.82, 2.24) is 0 Å². The van der Waals surface area contributed by atoms with E-state index in [0.717, 1.165) is 5.56 Å². The lowest BCUT2D eigenvalue weighted by atomic mass is 9.93. The van der Waals surface area contributed by atoms with E-state index in [1.54, 1.807) is 6.08 Å². The summed E-state index contributed by atoms with van der Waals surface area (Å²) in [6.45, 7) is 10.1. The maximum atomic E-state index is 12.1. The molecule has 0 heterocycles. The molecule has 0 unspecified atom stereocenters. The van der Waals surface area contributed by atoms with Crippen LogP contribution in [0.5, 0.6) is 0 Å². The molecule has 3 nitrogen and oxygen atoms in total. The maximum absolute atomic E-state index is 12.1. The molecule has 1 aromatic carbocycles. The predicted octanol–water partition coefficient (Wildman–Crippen LogP) is 3.94. The van der Waals surface area contributed by atoms with Crippen LogP contribution in [0.25, 0.3) is 0 Å². The van der Waals surface area contributed by atoms with Crippen LogP contribution in [-0.4, -0.2) is 21.4 Å². The second-order valence-corrected chi connectivity index (χ2v) is 10.2. The molecule has 0 spiro atoms. The second-order valence-electron chi connectivity index (χ2n) is 5.72. The van der Waals surface area contributed by atoms with E-state index < -0.39 is 8.32 Å². The minimum absolute atomic E-state index is 0.253. The summed E-state index contributed by atoms with van der Waals surface area (Å²) in [5.74, 6) is -0.608. The van der Waals surface area contributed by atoms with E-state index >= 15 is 0 Å². The third-order valence-electron chi connectivity index (χ3n) is 2.90. The van der Waals surface area contributed by atoms with Crippen molar-refractivity contribution < 1.29 is 14.0 Å². The van der Waals surface area contributed by atoms with E-state index in [2.05, 4.69) is 26.2 Å². The number of methoxy groups -OCH3 is 1. The largest absolute Gasteiger partial charge is 0.469 e. The molecule has 0 radical (unpaired) electrons. The highest BCUT2D eigenvalue weighted by atomic mass is 28.4. The van der Waals surface area contributed by atoms with E-state index in [-0.39, 0.29) is 18.0 Å². The summed E-state index contributed by atoms with van der Waals surface area (Å²) in [4.78, 5) is 12.1. The van der Waals surface area contributed by atoms with Crippen LogP contribution >= 0.6 is 0 Å². The van der Waals surface area contributed by atoms with Crippen LogP contribution in [0.2, 0.25) is 19.6 Å². The van der Waals surface area contributed by atoms with Gasteiger partial charge in [0.05, 0.1) is 19.1 Å². The first-order valence-electron chi connectivity index (χ1n) is 6.80. The Morgan fingerprint density at radius 1 is 1.30 bits per heavy atom. The van der Waals surface area contributed by atoms with E-state index in [1.165, 1.54) is 7.11 Å². The fourth-order valence-corrected chi connectivity index (χ4v) is 3.14. The van der Waals surface area contributed by atoms with Gasteiger partial charge in [-0.3, -0.25) is 4.79 Å². The number of hydrogen-bond donors (Lipinski definition) is 0. The molecular formula is C16H24O3Si. The van der Waals surface area contributed by atoms with Crippen LogP contribution in [0.15, 0.2) is 43.0 Å². The van der Waals surface area contributed by atoms with Gasteiger partial charge in [0.1, 0.15) is 0 Å². The first-order chi connectivity index (χ1) is 9.39. The lowest BCUT2D eigenvalue weighted by Gasteiger charge is -2.31. The quantitative estimate of drug-likeness (QED) is 0.434. The van der Waals surface area contributed by atoms with Crippen molar-refractivity contribution in [2.75, 3.05) is 7.11 Å². The van der Waals surface area contributed by atoms with Crippen LogP contribution in [0.1, 0.15) is 18.1 Å². The summed E-state index contributed by atoms with van der Waals surface area (Å²) in [7, 11) is -0.384. The van der Waals surface area contributed by atoms with Gasteiger partial charge in [0, 0.05) is 0 Å². The van der Waals surface area contributed by atoms with Gasteiger partial charge in [-0.1, -0.05) is 36.4 Å². The molecule has 0 fully saturated rings. The molecular weight excluding hydrogens is 268 g/mol. The Balaban J connectivity index is 3.13. The summed E-state index contributed by atoms with van der Waals surface area (Å²) >= 11 is 0. The van der Waals surface area contributed by atoms with Crippen molar-refractivity contribution in [1.29, 1.82) is 0 Å². The number of carbonyl (C=O) groups is 1. The molecule has 0 aromatic heterocycles. The fraction of sp³-hybridized carbons (Fsp3) is 0.438. The third-order valence-corrected chi connectivity index (χ3v) is 3.86. The van der Waals surface area contributed by atoms with Gasteiger partial charge in [-0.25, -0.2) is 0 Å². The van der Waals surface area contributed by atoms with Gasteiger partial charge in [-0.05, 0) is 31.6 Å². The Labute approximate surface area is 122 Å². The Morgan fingerprint density at radius 2 is 1.90 bits per heavy atom. The zero-order chi connectivity index (χ0) is 15.2. The van der Waals surface area contributed by atoms with Gasteiger partial charge in [0.2, 0.25) is 0 Å². The maximum Gasteiger partial charge on any atom is 0.311 e. The van der Waals surface area contributed by atoms with Gasteiger partial charge in [0.25, 0.3) is 0 Å². The number of allylic oxidation sites excluding steroid dienone is 1. The molecule has 2 atom stereocenters. The van der Waals surface area contributed by atoms with E-state index in [1.807, 2.05) is 30.3 Å². The number of benzene rings is 1. The predicted molar refractivity (Wildman–Crippen MR) is 83.9 cm³/mol. The number of rotatable bonds is 7. The number of hydrogen-bond acceptors (Lipinski definition) is 3. The van der Waals surface area contributed by atoms with Gasteiger partial charge >= 0.3 is 5.97 Å². The molecule has 0 aliphatic heterocycles. The molecule has 20 heavy (non-hydrogen) atoms. The fourth-order valence-electron chi connectivity index (χ4n) is 2.08. The van der Waals surface area contributed by atoms with Gasteiger partial charge < -0.3 is 9.16 Å². The van der Waals surface area contributed by atoms with Crippen molar-refractivity contribution in [2.45, 2.75) is 32.2 Å². The third kappa shape index (κ3) is 4.94. The smallest absolute Gasteiger partial charge is 0.311 e. The summed E-state index contributed by atoms with van der Waals surface area (Å²) in [5.41, 5.74) is 1.01. The molecule has 0 saturated heterocycles. The zero-order valence-electron chi connectivity index (χ0n) is 12.8. The molecule has 1 rings (SSSR count). The highest BCUT2D eigenvalue weighted by Gasteiger charge is 2.33. The molecule has 0 aliphatic carbocycles. The molecule has 0 N–H and O–H groups in total. The summed E-state index contributed by atoms with van der Waals surface area (Å²) in [5, 5.41) is 0. The van der Waals surface area contributed by atoms with Gasteiger partial charge in [0.15, 0.2) is 8.32 Å². The molecule has 0 aliphatic rings. The van der Waals surface area contributed by atoms with Crippen molar-refractivity contribution >= 4 is 14.3 Å². The highest BCUT2D eigenvalue weighted by Crippen LogP contribution is 2.32. The van der Waals surface area contributed by atoms with Crippen LogP contribution in [0.3, 0.4) is 0 Å². The topological polar surface area (TPSA) is 35.5 Å². The standard InChI is InChI=1S/C16H24O3Si/c1-6-10-14(16(17)18-2)15(19-20(3,4)5)13-11-8-7-9-12-13/h6-9,11-12,14-15H,1,10H2,2-5H3/t14-,15-/m1/s1. The number of esters is 1. The SMILES string of the molecule is C=CC[C@@H](C(=O)OC)[C@H](O[Si](C)(C)C)c1ccccc1. The molecule has 0 amide bonds. The zero-order valence-corrected chi connectivity index (χ0v) is 13.8. The first kappa shape index (κ1) is 16.7. The monoisotopic (exact) mass is 292 g/mol. The van der Waals surface area contributed by atoms with Crippen LogP contribution in [-0.2, 0) is 14.0 Å². The Kier molecular flexibility index (Phi) is 6.17. The normalized spacial score (nSPS) is 14.4. The number of ether oxygens (including phenoxy) is 1. The van der Waals surface area contributed by atoms with Gasteiger partial charge in [-0.15, -0.1) is 6.58 Å². The second kappa shape index (κ2) is 7.41. The first-order valence-corrected chi connectivity index (χ1v) is 10.2. The van der Waals surface area contributed by atoms with Crippen molar-refractivity contribution in [2.24, 2.45) is 5.92 Å². The molecule has 0 saturated carbocycles. The van der Waals surface area contributed by atoms with Crippen LogP contribution in [0.4, 0.5) is 0 Å². The minimum atomic E-state index is -1.80.